The van der Waals surface area contributed by atoms with E-state index >= 15 is 0 Å². The number of ether oxygens (including phenoxy) is 1. The molecule has 0 amide bonds. The summed E-state index contributed by atoms with van der Waals surface area (Å²) in [4.78, 5) is 0. The summed E-state index contributed by atoms with van der Waals surface area (Å²) in [5.74, 6) is 0.997. The van der Waals surface area contributed by atoms with Crippen molar-refractivity contribution in [2.45, 2.75) is 58.3 Å². The fourth-order valence-corrected chi connectivity index (χ4v) is 3.96. The predicted molar refractivity (Wildman–Crippen MR) is 136 cm³/mol. The Balaban J connectivity index is 0.00000512. The molecule has 0 N–H and O–H groups in total. The van der Waals surface area contributed by atoms with E-state index in [1.54, 1.807) is 0 Å². The van der Waals surface area contributed by atoms with Crippen LogP contribution < -0.4 is 29.6 Å². The van der Waals surface area contributed by atoms with Crippen LogP contribution in [0.15, 0.2) is 42.5 Å². The molecule has 0 aliphatic rings. The topological polar surface area (TPSA) is 9.23 Å². The van der Waals surface area contributed by atoms with Crippen molar-refractivity contribution >= 4 is 10.8 Å². The summed E-state index contributed by atoms with van der Waals surface area (Å²) in [6, 6.07) is 14.8. The lowest BCUT2D eigenvalue weighted by Gasteiger charge is -2.35. The van der Waals surface area contributed by atoms with Gasteiger partial charge in [0.25, 0.3) is 0 Å². The van der Waals surface area contributed by atoms with Crippen molar-refractivity contribution in [2.75, 3.05) is 61.0 Å². The summed E-state index contributed by atoms with van der Waals surface area (Å²) < 4.78 is 8.25. The summed E-state index contributed by atoms with van der Waals surface area (Å²) in [5, 5.41) is 2.53. The van der Waals surface area contributed by atoms with Crippen molar-refractivity contribution in [2.24, 2.45) is 0 Å². The lowest BCUT2D eigenvalue weighted by molar-refractivity contribution is -0.945. The molecule has 0 aromatic heterocycles. The van der Waals surface area contributed by atoms with Crippen LogP contribution in [0.25, 0.3) is 10.8 Å². The van der Waals surface area contributed by atoms with Crippen molar-refractivity contribution in [3.05, 3.63) is 42.5 Å². The Hall–Kier alpha value is -1.000. The van der Waals surface area contributed by atoms with Gasteiger partial charge in [0.2, 0.25) is 0 Å². The van der Waals surface area contributed by atoms with Gasteiger partial charge >= 0.3 is 0 Å². The van der Waals surface area contributed by atoms with Gasteiger partial charge in [0.05, 0.1) is 47.9 Å². The lowest BCUT2D eigenvalue weighted by atomic mass is 10.1. The number of halogens is 2. The molecule has 2 aromatic carbocycles. The molecule has 0 saturated heterocycles. The Kier molecular flexibility index (Phi) is 16.1. The highest BCUT2D eigenvalue weighted by molar-refractivity contribution is 5.83. The molecule has 0 aliphatic carbocycles. The molecule has 0 unspecified atom stereocenters. The Labute approximate surface area is 216 Å². The number of benzene rings is 2. The number of hydrogen-bond acceptors (Lipinski definition) is 1. The van der Waals surface area contributed by atoms with E-state index in [1.165, 1.54) is 86.4 Å². The number of likely N-dealkylation sites (N-methyl/N-ethyl adjacent to an activating group) is 2. The smallest absolute Gasteiger partial charge is 0.128 e. The van der Waals surface area contributed by atoms with Crippen LogP contribution >= 0.6 is 0 Å². The first kappa shape index (κ1) is 32.0. The highest BCUT2D eigenvalue weighted by Crippen LogP contribution is 2.21. The minimum absolute atomic E-state index is 0. The third-order valence-electron chi connectivity index (χ3n) is 6.81. The lowest BCUT2D eigenvalue weighted by Crippen LogP contribution is -3.00. The second-order valence-corrected chi connectivity index (χ2v) is 10.5. The van der Waals surface area contributed by atoms with Crippen LogP contribution in [0, 0.1) is 0 Å². The molecule has 0 aliphatic heterocycles. The summed E-state index contributed by atoms with van der Waals surface area (Å²) in [5.41, 5.74) is 0. The van der Waals surface area contributed by atoms with E-state index in [9.17, 15) is 0 Å². The van der Waals surface area contributed by atoms with Gasteiger partial charge in [-0.2, -0.15) is 0 Å². The van der Waals surface area contributed by atoms with Crippen LogP contribution in [0.2, 0.25) is 0 Å². The molecule has 3 nitrogen and oxygen atoms in total. The Morgan fingerprint density at radius 1 is 0.606 bits per heavy atom. The van der Waals surface area contributed by atoms with E-state index in [1.807, 2.05) is 0 Å². The van der Waals surface area contributed by atoms with E-state index in [0.717, 1.165) is 23.3 Å². The largest absolute Gasteiger partial charge is 1.00 e. The van der Waals surface area contributed by atoms with Gasteiger partial charge in [-0.25, -0.2) is 0 Å². The molecule has 0 radical (unpaired) electrons. The molecule has 2 rings (SSSR count). The van der Waals surface area contributed by atoms with Gasteiger partial charge in [0, 0.05) is 0 Å². The average Bonchev–Trinajstić information content (AvgIpc) is 2.76. The van der Waals surface area contributed by atoms with Gasteiger partial charge < -0.3 is 38.5 Å². The molecule has 0 saturated carbocycles. The molecular weight excluding hydrogens is 451 g/mol. The van der Waals surface area contributed by atoms with Gasteiger partial charge in [-0.3, -0.25) is 0 Å². The number of unbranched alkanes of at least 4 members (excludes halogenated alkanes) is 7. The zero-order chi connectivity index (χ0) is 22.6. The maximum atomic E-state index is 5.95. The van der Waals surface area contributed by atoms with E-state index < -0.39 is 0 Å². The van der Waals surface area contributed by atoms with Crippen LogP contribution in [0.3, 0.4) is 0 Å². The van der Waals surface area contributed by atoms with E-state index in [4.69, 9.17) is 4.74 Å². The average molecular weight is 500 g/mol. The Morgan fingerprint density at radius 2 is 1.15 bits per heavy atom. The van der Waals surface area contributed by atoms with Gasteiger partial charge in [0.15, 0.2) is 0 Å². The zero-order valence-corrected chi connectivity index (χ0v) is 23.3. The first-order chi connectivity index (χ1) is 14.8. The first-order valence-corrected chi connectivity index (χ1v) is 12.6. The number of quaternary nitrogens is 2. The van der Waals surface area contributed by atoms with Crippen LogP contribution in [-0.2, 0) is 0 Å². The predicted octanol–water partition coefficient (Wildman–Crippen LogP) is 0.520. The quantitative estimate of drug-likeness (QED) is 0.242. The van der Waals surface area contributed by atoms with Crippen LogP contribution in [0.4, 0.5) is 0 Å². The number of rotatable bonds is 16. The maximum Gasteiger partial charge on any atom is 0.128 e. The Morgan fingerprint density at radius 3 is 1.79 bits per heavy atom. The molecule has 0 atom stereocenters. The minimum Gasteiger partial charge on any atom is -1.00 e. The third kappa shape index (κ3) is 13.5. The van der Waals surface area contributed by atoms with Gasteiger partial charge in [0.1, 0.15) is 18.8 Å². The molecule has 190 valence electrons. The number of nitrogens with zero attached hydrogens (tertiary/aromatic N) is 2. The molecule has 0 bridgehead atoms. The minimum atomic E-state index is 0. The fourth-order valence-electron chi connectivity index (χ4n) is 3.96. The van der Waals surface area contributed by atoms with Crippen molar-refractivity contribution in [3.8, 4) is 5.75 Å². The van der Waals surface area contributed by atoms with Crippen LogP contribution in [-0.4, -0.2) is 69.9 Å². The van der Waals surface area contributed by atoms with Gasteiger partial charge in [-0.1, -0.05) is 62.4 Å². The highest BCUT2D eigenvalue weighted by Gasteiger charge is 2.20. The second kappa shape index (κ2) is 16.6. The van der Waals surface area contributed by atoms with Crippen molar-refractivity contribution in [1.29, 1.82) is 0 Å². The normalized spacial score (nSPS) is 11.7. The molecular formula is C28H48Cl2N2O. The van der Waals surface area contributed by atoms with Crippen LogP contribution in [0.1, 0.15) is 58.3 Å². The Bertz CT molecular complexity index is 764. The van der Waals surface area contributed by atoms with Crippen molar-refractivity contribution in [1.82, 2.24) is 0 Å². The van der Waals surface area contributed by atoms with Crippen molar-refractivity contribution < 1.29 is 38.5 Å². The molecule has 33 heavy (non-hydrogen) atoms. The highest BCUT2D eigenvalue weighted by atomic mass is 35.5. The molecule has 0 fully saturated rings. The first-order valence-electron chi connectivity index (χ1n) is 12.6. The molecule has 0 heterocycles. The van der Waals surface area contributed by atoms with E-state index in [0.29, 0.717) is 0 Å². The SMILES string of the molecule is CC[N+](C)(C)CC[N+](C)(C)CCCCCCCCCCOc1ccc2ccccc2c1.[Cl-].[Cl-]. The van der Waals surface area contributed by atoms with Crippen LogP contribution in [0.5, 0.6) is 5.75 Å². The number of hydrogen-bond donors (Lipinski definition) is 0. The summed E-state index contributed by atoms with van der Waals surface area (Å²) in [7, 11) is 9.48. The summed E-state index contributed by atoms with van der Waals surface area (Å²) >= 11 is 0. The van der Waals surface area contributed by atoms with E-state index in [-0.39, 0.29) is 24.8 Å². The summed E-state index contributed by atoms with van der Waals surface area (Å²) in [6.45, 7) is 8.21. The zero-order valence-electron chi connectivity index (χ0n) is 21.8. The summed E-state index contributed by atoms with van der Waals surface area (Å²) in [6.07, 6.45) is 10.7. The second-order valence-electron chi connectivity index (χ2n) is 10.5. The number of fused-ring (bicyclic) bond motifs is 1. The fraction of sp³-hybridized carbons (Fsp3) is 0.643. The van der Waals surface area contributed by atoms with Gasteiger partial charge in [-0.05, 0) is 49.1 Å². The monoisotopic (exact) mass is 498 g/mol. The van der Waals surface area contributed by atoms with E-state index in [2.05, 4.69) is 77.6 Å². The standard InChI is InChI=1S/C28H48N2O.2ClH/c1-6-29(2,3)22-23-30(4,5)21-15-11-9-7-8-10-12-16-24-31-28-20-19-26-17-13-14-18-27(26)25-28;;/h13-14,17-20,25H,6-12,15-16,21-24H2,1-5H3;2*1H/q+2;;/p-2. The third-order valence-corrected chi connectivity index (χ3v) is 6.81. The molecule has 2 aromatic rings. The molecule has 0 spiro atoms. The maximum absolute atomic E-state index is 5.95. The molecule has 5 heteroatoms. The van der Waals surface area contributed by atoms with Gasteiger partial charge in [-0.15, -0.1) is 0 Å². The van der Waals surface area contributed by atoms with Crippen molar-refractivity contribution in [3.63, 3.8) is 0 Å².